The number of carbonyl (C=O) groups excluding carboxylic acids is 1. The molecular formula is C7H13NO2. The second-order valence-electron chi connectivity index (χ2n) is 1.94. The molecule has 0 bridgehead atoms. The molecule has 0 fully saturated rings. The third kappa shape index (κ3) is 4.09. The number of carbonyl (C=O) groups is 1. The smallest absolute Gasteiger partial charge is 0.241 e. The third-order valence-electron chi connectivity index (χ3n) is 1.18. The fourth-order valence-electron chi connectivity index (χ4n) is 0.583. The Morgan fingerprint density at radius 1 is 1.80 bits per heavy atom. The zero-order valence-corrected chi connectivity index (χ0v) is 6.33. The number of primary amides is 1. The summed E-state index contributed by atoms with van der Waals surface area (Å²) >= 11 is 0. The van der Waals surface area contributed by atoms with E-state index in [1.54, 1.807) is 13.2 Å². The van der Waals surface area contributed by atoms with Crippen molar-refractivity contribution in [3.63, 3.8) is 0 Å². The highest BCUT2D eigenvalue weighted by atomic mass is 16.5. The molecule has 1 atom stereocenters. The fourth-order valence-corrected chi connectivity index (χ4v) is 0.583. The summed E-state index contributed by atoms with van der Waals surface area (Å²) in [5.41, 5.74) is 4.87. The van der Waals surface area contributed by atoms with E-state index < -0.39 is 5.91 Å². The first-order chi connectivity index (χ1) is 4.70. The van der Waals surface area contributed by atoms with E-state index in [2.05, 4.69) is 0 Å². The first kappa shape index (κ1) is 9.17. The summed E-state index contributed by atoms with van der Waals surface area (Å²) in [6, 6.07) is 0. The summed E-state index contributed by atoms with van der Waals surface area (Å²) in [6.07, 6.45) is 3.83. The zero-order chi connectivity index (χ0) is 7.98. The molecule has 0 spiro atoms. The van der Waals surface area contributed by atoms with Crippen LogP contribution in [0.25, 0.3) is 0 Å². The number of nitrogens with two attached hydrogens (primary N) is 1. The standard InChI is InChI=1S/C7H13NO2/c1-3-6(10-2)4-5-7(8)9/h4-6H,3H2,1-2H3,(H2,8,9). The van der Waals surface area contributed by atoms with Crippen LogP contribution >= 0.6 is 0 Å². The fraction of sp³-hybridized carbons (Fsp3) is 0.571. The average molecular weight is 143 g/mol. The average Bonchev–Trinajstić information content (AvgIpc) is 1.90. The van der Waals surface area contributed by atoms with Gasteiger partial charge in [0.2, 0.25) is 5.91 Å². The molecule has 1 unspecified atom stereocenters. The molecule has 3 heteroatoms. The van der Waals surface area contributed by atoms with Gasteiger partial charge in [-0.1, -0.05) is 13.0 Å². The number of rotatable bonds is 4. The molecule has 0 aromatic rings. The molecule has 1 amide bonds. The molecule has 10 heavy (non-hydrogen) atoms. The van der Waals surface area contributed by atoms with Gasteiger partial charge in [-0.05, 0) is 6.42 Å². The van der Waals surface area contributed by atoms with Crippen LogP contribution in [-0.2, 0) is 9.53 Å². The van der Waals surface area contributed by atoms with E-state index in [0.29, 0.717) is 0 Å². The molecule has 0 aromatic heterocycles. The van der Waals surface area contributed by atoms with Gasteiger partial charge in [-0.25, -0.2) is 0 Å². The number of methoxy groups -OCH3 is 1. The van der Waals surface area contributed by atoms with Gasteiger partial charge in [0, 0.05) is 13.2 Å². The Kier molecular flexibility index (Phi) is 4.58. The molecule has 0 aromatic carbocycles. The highest BCUT2D eigenvalue weighted by molar-refractivity contribution is 5.85. The molecule has 0 heterocycles. The molecule has 0 aliphatic carbocycles. The number of hydrogen-bond donors (Lipinski definition) is 1. The van der Waals surface area contributed by atoms with E-state index in [4.69, 9.17) is 10.5 Å². The molecule has 0 saturated heterocycles. The van der Waals surface area contributed by atoms with E-state index in [9.17, 15) is 4.79 Å². The van der Waals surface area contributed by atoms with Crippen LogP contribution < -0.4 is 5.73 Å². The van der Waals surface area contributed by atoms with Crippen LogP contribution in [0.3, 0.4) is 0 Å². The topological polar surface area (TPSA) is 52.3 Å². The van der Waals surface area contributed by atoms with Gasteiger partial charge in [-0.15, -0.1) is 0 Å². The maximum Gasteiger partial charge on any atom is 0.241 e. The summed E-state index contributed by atoms with van der Waals surface area (Å²) in [5, 5.41) is 0. The summed E-state index contributed by atoms with van der Waals surface area (Å²) in [4.78, 5) is 10.2. The second-order valence-corrected chi connectivity index (χ2v) is 1.94. The van der Waals surface area contributed by atoms with Crippen molar-refractivity contribution in [3.8, 4) is 0 Å². The van der Waals surface area contributed by atoms with Crippen LogP contribution in [0.4, 0.5) is 0 Å². The quantitative estimate of drug-likeness (QED) is 0.581. The maximum atomic E-state index is 10.2. The van der Waals surface area contributed by atoms with Gasteiger partial charge in [0.1, 0.15) is 0 Å². The molecule has 0 aliphatic heterocycles. The van der Waals surface area contributed by atoms with Crippen LogP contribution in [0, 0.1) is 0 Å². The lowest BCUT2D eigenvalue weighted by Crippen LogP contribution is -2.09. The summed E-state index contributed by atoms with van der Waals surface area (Å²) < 4.78 is 4.96. The van der Waals surface area contributed by atoms with Crippen molar-refractivity contribution in [2.75, 3.05) is 7.11 Å². The number of ether oxygens (including phenoxy) is 1. The minimum Gasteiger partial charge on any atom is -0.377 e. The molecule has 2 N–H and O–H groups in total. The van der Waals surface area contributed by atoms with Crippen molar-refractivity contribution in [3.05, 3.63) is 12.2 Å². The van der Waals surface area contributed by atoms with Crippen LogP contribution in [0.5, 0.6) is 0 Å². The van der Waals surface area contributed by atoms with Crippen molar-refractivity contribution in [2.45, 2.75) is 19.4 Å². The monoisotopic (exact) mass is 143 g/mol. The van der Waals surface area contributed by atoms with Crippen LogP contribution in [0.2, 0.25) is 0 Å². The van der Waals surface area contributed by atoms with Crippen molar-refractivity contribution in [1.29, 1.82) is 0 Å². The molecule has 0 aliphatic rings. The molecule has 0 saturated carbocycles. The Hall–Kier alpha value is -0.830. The Morgan fingerprint density at radius 3 is 2.70 bits per heavy atom. The highest BCUT2D eigenvalue weighted by Crippen LogP contribution is 1.96. The molecule has 0 radical (unpaired) electrons. The Morgan fingerprint density at radius 2 is 2.40 bits per heavy atom. The van der Waals surface area contributed by atoms with Gasteiger partial charge in [0.05, 0.1) is 6.10 Å². The largest absolute Gasteiger partial charge is 0.377 e. The Bertz CT molecular complexity index is 128. The lowest BCUT2D eigenvalue weighted by molar-refractivity contribution is -0.113. The van der Waals surface area contributed by atoms with E-state index in [1.807, 2.05) is 6.92 Å². The van der Waals surface area contributed by atoms with Gasteiger partial charge >= 0.3 is 0 Å². The van der Waals surface area contributed by atoms with Crippen LogP contribution in [-0.4, -0.2) is 19.1 Å². The van der Waals surface area contributed by atoms with Crippen molar-refractivity contribution in [1.82, 2.24) is 0 Å². The molecule has 58 valence electrons. The van der Waals surface area contributed by atoms with Crippen molar-refractivity contribution < 1.29 is 9.53 Å². The lowest BCUT2D eigenvalue weighted by Gasteiger charge is -2.04. The van der Waals surface area contributed by atoms with Gasteiger partial charge < -0.3 is 10.5 Å². The predicted octanol–water partition coefficient (Wildman–Crippen LogP) is 0.453. The normalized spacial score (nSPS) is 13.8. The van der Waals surface area contributed by atoms with Crippen molar-refractivity contribution in [2.24, 2.45) is 5.73 Å². The Balaban J connectivity index is 3.72. The Labute approximate surface area is 60.9 Å². The van der Waals surface area contributed by atoms with Gasteiger partial charge in [0.25, 0.3) is 0 Å². The van der Waals surface area contributed by atoms with E-state index in [-0.39, 0.29) is 6.10 Å². The van der Waals surface area contributed by atoms with Gasteiger partial charge in [-0.3, -0.25) is 4.79 Å². The number of hydrogen-bond acceptors (Lipinski definition) is 2. The molecular weight excluding hydrogens is 130 g/mol. The SMILES string of the molecule is CCC(C=CC(N)=O)OC. The summed E-state index contributed by atoms with van der Waals surface area (Å²) in [5.74, 6) is -0.435. The van der Waals surface area contributed by atoms with Gasteiger partial charge in [0.15, 0.2) is 0 Å². The van der Waals surface area contributed by atoms with Crippen LogP contribution in [0.15, 0.2) is 12.2 Å². The summed E-state index contributed by atoms with van der Waals surface area (Å²) in [6.45, 7) is 1.97. The van der Waals surface area contributed by atoms with Crippen molar-refractivity contribution >= 4 is 5.91 Å². The minimum absolute atomic E-state index is 0.00694. The molecule has 0 rings (SSSR count). The second kappa shape index (κ2) is 4.99. The molecule has 3 nitrogen and oxygen atoms in total. The lowest BCUT2D eigenvalue weighted by atomic mass is 10.2. The summed E-state index contributed by atoms with van der Waals surface area (Å²) in [7, 11) is 1.60. The maximum absolute atomic E-state index is 10.2. The van der Waals surface area contributed by atoms with Crippen LogP contribution in [0.1, 0.15) is 13.3 Å². The first-order valence-corrected chi connectivity index (χ1v) is 3.21. The van der Waals surface area contributed by atoms with E-state index in [0.717, 1.165) is 6.42 Å². The van der Waals surface area contributed by atoms with Gasteiger partial charge in [-0.2, -0.15) is 0 Å². The zero-order valence-electron chi connectivity index (χ0n) is 6.33. The predicted molar refractivity (Wildman–Crippen MR) is 39.4 cm³/mol. The highest BCUT2D eigenvalue weighted by Gasteiger charge is 1.96. The third-order valence-corrected chi connectivity index (χ3v) is 1.18. The number of amides is 1. The van der Waals surface area contributed by atoms with E-state index >= 15 is 0 Å². The van der Waals surface area contributed by atoms with E-state index in [1.165, 1.54) is 6.08 Å². The minimum atomic E-state index is -0.435. The first-order valence-electron chi connectivity index (χ1n) is 3.21.